The summed E-state index contributed by atoms with van der Waals surface area (Å²) >= 11 is 1.32. The number of carbonyl (C=O) groups excluding carboxylic acids is 2. The second-order valence-corrected chi connectivity index (χ2v) is 5.11. The number of nitrogens with one attached hydrogen (secondary N) is 1. The van der Waals surface area contributed by atoms with Crippen LogP contribution in [0.4, 0.5) is 5.69 Å². The van der Waals surface area contributed by atoms with Gasteiger partial charge in [0, 0.05) is 5.38 Å². The number of para-hydroxylation sites is 1. The Labute approximate surface area is 119 Å². The maximum Gasteiger partial charge on any atom is 0.275 e. The predicted molar refractivity (Wildman–Crippen MR) is 77.6 cm³/mol. The Morgan fingerprint density at radius 2 is 2.05 bits per heavy atom. The van der Waals surface area contributed by atoms with Crippen molar-refractivity contribution in [2.75, 3.05) is 5.32 Å². The first-order chi connectivity index (χ1) is 9.49. The summed E-state index contributed by atoms with van der Waals surface area (Å²) in [7, 11) is 0. The maximum absolute atomic E-state index is 12.1. The highest BCUT2D eigenvalue weighted by atomic mass is 32.1. The van der Waals surface area contributed by atoms with Crippen molar-refractivity contribution < 1.29 is 9.59 Å². The molecule has 0 aliphatic rings. The Bertz CT molecular complexity index is 651. The first kappa shape index (κ1) is 14.2. The highest BCUT2D eigenvalue weighted by molar-refractivity contribution is 7.09. The minimum absolute atomic E-state index is 0.223. The Balaban J connectivity index is 2.21. The molecule has 1 atom stereocenters. The Hall–Kier alpha value is -2.25. The topological polar surface area (TPSA) is 111 Å². The van der Waals surface area contributed by atoms with E-state index in [-0.39, 0.29) is 17.3 Å². The van der Waals surface area contributed by atoms with E-state index >= 15 is 0 Å². The van der Waals surface area contributed by atoms with E-state index in [9.17, 15) is 9.59 Å². The van der Waals surface area contributed by atoms with Crippen molar-refractivity contribution in [3.63, 3.8) is 0 Å². The van der Waals surface area contributed by atoms with Gasteiger partial charge in [0.2, 0.25) is 0 Å². The van der Waals surface area contributed by atoms with Gasteiger partial charge >= 0.3 is 0 Å². The molecule has 2 aromatic rings. The Morgan fingerprint density at radius 3 is 2.65 bits per heavy atom. The van der Waals surface area contributed by atoms with Crippen LogP contribution < -0.4 is 16.8 Å². The number of nitrogens with two attached hydrogens (primary N) is 2. The largest absolute Gasteiger partial charge is 0.366 e. The van der Waals surface area contributed by atoms with Gasteiger partial charge in [-0.15, -0.1) is 11.3 Å². The standard InChI is InChI=1S/C13H14N4O2S/c1-7(14)13-17-10(6-20-13)12(19)16-9-5-3-2-4-8(9)11(15)18/h2-7H,14H2,1H3,(H2,15,18)(H,16,19). The molecule has 2 amide bonds. The molecule has 1 aromatic heterocycles. The van der Waals surface area contributed by atoms with Crippen LogP contribution in [0.1, 0.15) is 38.8 Å². The summed E-state index contributed by atoms with van der Waals surface area (Å²) < 4.78 is 0. The SMILES string of the molecule is CC(N)c1nc(C(=O)Nc2ccccc2C(N)=O)cs1. The molecule has 0 spiro atoms. The van der Waals surface area contributed by atoms with Crippen molar-refractivity contribution in [2.24, 2.45) is 11.5 Å². The number of hydrogen-bond donors (Lipinski definition) is 3. The normalized spacial score (nSPS) is 11.9. The van der Waals surface area contributed by atoms with Gasteiger partial charge in [-0.25, -0.2) is 4.98 Å². The number of primary amides is 1. The van der Waals surface area contributed by atoms with E-state index in [0.29, 0.717) is 10.7 Å². The van der Waals surface area contributed by atoms with Crippen LogP contribution in [0.25, 0.3) is 0 Å². The van der Waals surface area contributed by atoms with Crippen LogP contribution in [0.3, 0.4) is 0 Å². The van der Waals surface area contributed by atoms with Gasteiger partial charge in [0.15, 0.2) is 0 Å². The molecule has 2 rings (SSSR count). The lowest BCUT2D eigenvalue weighted by Gasteiger charge is -2.07. The number of benzene rings is 1. The van der Waals surface area contributed by atoms with E-state index in [2.05, 4.69) is 10.3 Å². The number of aromatic nitrogens is 1. The fourth-order valence-corrected chi connectivity index (χ4v) is 2.35. The van der Waals surface area contributed by atoms with Gasteiger partial charge in [-0.2, -0.15) is 0 Å². The van der Waals surface area contributed by atoms with Crippen molar-refractivity contribution >= 4 is 28.8 Å². The first-order valence-electron chi connectivity index (χ1n) is 5.90. The second kappa shape index (κ2) is 5.81. The van der Waals surface area contributed by atoms with E-state index in [1.54, 1.807) is 36.6 Å². The third-order valence-corrected chi connectivity index (χ3v) is 3.63. The summed E-state index contributed by atoms with van der Waals surface area (Å²) in [6.07, 6.45) is 0. The molecular formula is C13H14N4O2S. The van der Waals surface area contributed by atoms with E-state index < -0.39 is 11.8 Å². The first-order valence-corrected chi connectivity index (χ1v) is 6.78. The number of thiazole rings is 1. The molecular weight excluding hydrogens is 276 g/mol. The van der Waals surface area contributed by atoms with Crippen LogP contribution in [-0.2, 0) is 0 Å². The van der Waals surface area contributed by atoms with Crippen LogP contribution in [0.2, 0.25) is 0 Å². The Morgan fingerprint density at radius 1 is 1.35 bits per heavy atom. The predicted octanol–water partition coefficient (Wildman–Crippen LogP) is 1.51. The van der Waals surface area contributed by atoms with E-state index in [4.69, 9.17) is 11.5 Å². The Kier molecular flexibility index (Phi) is 4.11. The van der Waals surface area contributed by atoms with E-state index in [1.165, 1.54) is 11.3 Å². The number of nitrogens with zero attached hydrogens (tertiary/aromatic N) is 1. The van der Waals surface area contributed by atoms with E-state index in [0.717, 1.165) is 0 Å². The molecule has 0 saturated heterocycles. The lowest BCUT2D eigenvalue weighted by Crippen LogP contribution is -2.18. The molecule has 7 heteroatoms. The van der Waals surface area contributed by atoms with Gasteiger partial charge in [-0.3, -0.25) is 9.59 Å². The molecule has 0 fully saturated rings. The van der Waals surface area contributed by atoms with Crippen molar-refractivity contribution in [1.82, 2.24) is 4.98 Å². The van der Waals surface area contributed by atoms with Crippen molar-refractivity contribution in [3.05, 3.63) is 45.9 Å². The molecule has 0 saturated carbocycles. The highest BCUT2D eigenvalue weighted by Gasteiger charge is 2.15. The summed E-state index contributed by atoms with van der Waals surface area (Å²) in [4.78, 5) is 27.5. The van der Waals surface area contributed by atoms with Crippen LogP contribution in [0.5, 0.6) is 0 Å². The zero-order valence-electron chi connectivity index (χ0n) is 10.8. The molecule has 20 heavy (non-hydrogen) atoms. The summed E-state index contributed by atoms with van der Waals surface area (Å²) in [5, 5.41) is 4.93. The molecule has 0 aliphatic carbocycles. The molecule has 1 heterocycles. The van der Waals surface area contributed by atoms with Crippen molar-refractivity contribution in [3.8, 4) is 0 Å². The molecule has 104 valence electrons. The van der Waals surface area contributed by atoms with Crippen LogP contribution in [-0.4, -0.2) is 16.8 Å². The number of hydrogen-bond acceptors (Lipinski definition) is 5. The quantitative estimate of drug-likeness (QED) is 0.792. The number of rotatable bonds is 4. The highest BCUT2D eigenvalue weighted by Crippen LogP contribution is 2.19. The monoisotopic (exact) mass is 290 g/mol. The lowest BCUT2D eigenvalue weighted by atomic mass is 10.1. The van der Waals surface area contributed by atoms with Crippen LogP contribution in [0, 0.1) is 0 Å². The fourth-order valence-electron chi connectivity index (χ4n) is 1.59. The molecule has 6 nitrogen and oxygen atoms in total. The lowest BCUT2D eigenvalue weighted by molar-refractivity contribution is 0.100. The summed E-state index contributed by atoms with van der Waals surface area (Å²) in [5.41, 5.74) is 11.8. The molecule has 0 aliphatic heterocycles. The van der Waals surface area contributed by atoms with Crippen LogP contribution in [0.15, 0.2) is 29.6 Å². The molecule has 0 radical (unpaired) electrons. The smallest absolute Gasteiger partial charge is 0.275 e. The van der Waals surface area contributed by atoms with Gasteiger partial charge in [0.1, 0.15) is 10.7 Å². The molecule has 1 unspecified atom stereocenters. The fraction of sp³-hybridized carbons (Fsp3) is 0.154. The zero-order valence-corrected chi connectivity index (χ0v) is 11.6. The van der Waals surface area contributed by atoms with Gasteiger partial charge in [-0.05, 0) is 19.1 Å². The third-order valence-electron chi connectivity index (χ3n) is 2.58. The van der Waals surface area contributed by atoms with Gasteiger partial charge in [-0.1, -0.05) is 12.1 Å². The van der Waals surface area contributed by atoms with Gasteiger partial charge < -0.3 is 16.8 Å². The van der Waals surface area contributed by atoms with Gasteiger partial charge in [0.05, 0.1) is 17.3 Å². The molecule has 1 aromatic carbocycles. The molecule has 5 N–H and O–H groups in total. The van der Waals surface area contributed by atoms with E-state index in [1.807, 2.05) is 0 Å². The van der Waals surface area contributed by atoms with Crippen molar-refractivity contribution in [1.29, 1.82) is 0 Å². The zero-order chi connectivity index (χ0) is 14.7. The summed E-state index contributed by atoms with van der Waals surface area (Å²) in [6.45, 7) is 1.79. The third kappa shape index (κ3) is 3.01. The number of anilines is 1. The van der Waals surface area contributed by atoms with Crippen LogP contribution >= 0.6 is 11.3 Å². The van der Waals surface area contributed by atoms with Crippen molar-refractivity contribution in [2.45, 2.75) is 13.0 Å². The maximum atomic E-state index is 12.1. The minimum atomic E-state index is -0.601. The summed E-state index contributed by atoms with van der Waals surface area (Å²) in [6, 6.07) is 6.31. The minimum Gasteiger partial charge on any atom is -0.366 e. The number of carbonyl (C=O) groups is 2. The van der Waals surface area contributed by atoms with Gasteiger partial charge in [0.25, 0.3) is 11.8 Å². The average molecular weight is 290 g/mol. The second-order valence-electron chi connectivity index (χ2n) is 4.22. The summed E-state index contributed by atoms with van der Waals surface area (Å²) in [5.74, 6) is -1.00. The average Bonchev–Trinajstić information content (AvgIpc) is 2.89. The molecule has 0 bridgehead atoms. The number of amides is 2.